The summed E-state index contributed by atoms with van der Waals surface area (Å²) < 4.78 is 0. The zero-order chi connectivity index (χ0) is 34.5. The van der Waals surface area contributed by atoms with Crippen LogP contribution in [0, 0.1) is 10.8 Å². The summed E-state index contributed by atoms with van der Waals surface area (Å²) in [6.07, 6.45) is 8.76. The zero-order valence-corrected chi connectivity index (χ0v) is 29.7. The maximum Gasteiger partial charge on any atom is 0.226 e. The molecule has 0 saturated carbocycles. The Bertz CT molecular complexity index is 1910. The number of nitrogens with one attached hydrogen (secondary N) is 1. The highest BCUT2D eigenvalue weighted by Crippen LogP contribution is 2.42. The Balaban J connectivity index is 0.000000175. The zero-order valence-electron chi connectivity index (χ0n) is 29.7. The second-order valence-corrected chi connectivity index (χ2v) is 15.3. The predicted molar refractivity (Wildman–Crippen MR) is 206 cm³/mol. The van der Waals surface area contributed by atoms with Crippen LogP contribution in [-0.4, -0.2) is 71.5 Å². The van der Waals surface area contributed by atoms with Crippen molar-refractivity contribution in [2.75, 3.05) is 50.7 Å². The highest BCUT2D eigenvalue weighted by Gasteiger charge is 2.44. The first kappa shape index (κ1) is 33.5. The second-order valence-electron chi connectivity index (χ2n) is 15.3. The standard InChI is InChI=1S/C29H30N4.C15H20N2O/c1-2-6-23(7-3-1)21-32-17-13-29(14-18-32)15-19-33(22-29)28-30-16-12-27(31-28)26-11-10-24-8-4-5-9-25(24)20-26;18-14-15(6-9-16-14)7-10-17(11-8-15)12-13-4-2-1-3-5-13/h1-12,16,20H,13-15,17-19,21-22H2;1-5H,6-12H2,(H,16,18). The maximum atomic E-state index is 11.9. The molecule has 1 N–H and O–H groups in total. The van der Waals surface area contributed by atoms with Gasteiger partial charge >= 0.3 is 0 Å². The van der Waals surface area contributed by atoms with Crippen molar-refractivity contribution in [3.8, 4) is 11.3 Å². The van der Waals surface area contributed by atoms with Gasteiger partial charge in [0.25, 0.3) is 0 Å². The van der Waals surface area contributed by atoms with Gasteiger partial charge in [-0.2, -0.15) is 0 Å². The van der Waals surface area contributed by atoms with Gasteiger partial charge in [0.1, 0.15) is 0 Å². The molecule has 9 rings (SSSR count). The van der Waals surface area contributed by atoms with E-state index in [1.54, 1.807) is 0 Å². The fraction of sp³-hybridized carbons (Fsp3) is 0.386. The minimum atomic E-state index is -0.0345. The van der Waals surface area contributed by atoms with Crippen LogP contribution in [0.4, 0.5) is 5.95 Å². The summed E-state index contributed by atoms with van der Waals surface area (Å²) in [5.74, 6) is 1.17. The highest BCUT2D eigenvalue weighted by atomic mass is 16.2. The van der Waals surface area contributed by atoms with Crippen molar-refractivity contribution in [2.45, 2.75) is 51.6 Å². The van der Waals surface area contributed by atoms with Crippen LogP contribution in [0.2, 0.25) is 0 Å². The molecule has 0 aliphatic carbocycles. The molecule has 262 valence electrons. The summed E-state index contributed by atoms with van der Waals surface area (Å²) in [5, 5.41) is 5.49. The molecule has 0 unspecified atom stereocenters. The SMILES string of the molecule is O=C1NCCC12CCN(Cc1ccccc1)CC2.c1ccc(CN2CCC3(CC2)CCN(c2nccc(-c4ccc5ccccc5c4)n2)C3)cc1. The monoisotopic (exact) mass is 678 g/mol. The number of likely N-dealkylation sites (tertiary alicyclic amines) is 2. The number of carbonyl (C=O) groups is 1. The Morgan fingerprint density at radius 3 is 1.88 bits per heavy atom. The van der Waals surface area contributed by atoms with Crippen molar-refractivity contribution in [1.29, 1.82) is 0 Å². The van der Waals surface area contributed by atoms with Gasteiger partial charge in [-0.15, -0.1) is 0 Å². The number of anilines is 1. The molecule has 0 radical (unpaired) electrons. The Morgan fingerprint density at radius 1 is 0.627 bits per heavy atom. The van der Waals surface area contributed by atoms with Gasteiger partial charge in [-0.1, -0.05) is 97.1 Å². The van der Waals surface area contributed by atoms with E-state index in [1.807, 2.05) is 12.3 Å². The summed E-state index contributed by atoms with van der Waals surface area (Å²) >= 11 is 0. The van der Waals surface area contributed by atoms with Gasteiger partial charge in [-0.05, 0) is 104 Å². The molecule has 1 aromatic heterocycles. The van der Waals surface area contributed by atoms with Gasteiger partial charge in [-0.25, -0.2) is 9.97 Å². The van der Waals surface area contributed by atoms with Crippen LogP contribution >= 0.6 is 0 Å². The summed E-state index contributed by atoms with van der Waals surface area (Å²) in [7, 11) is 0. The largest absolute Gasteiger partial charge is 0.356 e. The van der Waals surface area contributed by atoms with E-state index in [2.05, 4.69) is 128 Å². The number of hydrogen-bond acceptors (Lipinski definition) is 6. The lowest BCUT2D eigenvalue weighted by Crippen LogP contribution is -2.43. The lowest BCUT2D eigenvalue weighted by Gasteiger charge is -2.39. The number of nitrogens with zero attached hydrogens (tertiary/aromatic N) is 5. The van der Waals surface area contributed by atoms with E-state index in [1.165, 1.54) is 54.3 Å². The van der Waals surface area contributed by atoms with Crippen LogP contribution in [-0.2, 0) is 17.9 Å². The van der Waals surface area contributed by atoms with Crippen LogP contribution in [0.3, 0.4) is 0 Å². The average molecular weight is 679 g/mol. The molecular formula is C44H50N6O. The number of piperidine rings is 2. The average Bonchev–Trinajstić information content (AvgIpc) is 3.77. The van der Waals surface area contributed by atoms with Crippen molar-refractivity contribution in [1.82, 2.24) is 25.1 Å². The predicted octanol–water partition coefficient (Wildman–Crippen LogP) is 7.58. The molecule has 4 fully saturated rings. The van der Waals surface area contributed by atoms with E-state index in [9.17, 15) is 4.79 Å². The Morgan fingerprint density at radius 2 is 1.24 bits per heavy atom. The van der Waals surface area contributed by atoms with Gasteiger partial charge < -0.3 is 10.2 Å². The van der Waals surface area contributed by atoms with Crippen LogP contribution in [0.1, 0.15) is 49.7 Å². The van der Waals surface area contributed by atoms with Crippen molar-refractivity contribution in [3.05, 3.63) is 127 Å². The number of rotatable bonds is 6. The Kier molecular flexibility index (Phi) is 9.83. The van der Waals surface area contributed by atoms with Gasteiger partial charge in [0.2, 0.25) is 11.9 Å². The summed E-state index contributed by atoms with van der Waals surface area (Å²) in [6, 6.07) is 38.5. The maximum absolute atomic E-state index is 11.9. The molecule has 7 heteroatoms. The fourth-order valence-corrected chi connectivity index (χ4v) is 8.73. The summed E-state index contributed by atoms with van der Waals surface area (Å²) in [4.78, 5) is 29.0. The van der Waals surface area contributed by atoms with Gasteiger partial charge in [-0.3, -0.25) is 14.6 Å². The molecule has 2 spiro atoms. The first-order chi connectivity index (χ1) is 25.0. The van der Waals surface area contributed by atoms with E-state index in [0.29, 0.717) is 11.3 Å². The minimum Gasteiger partial charge on any atom is -0.356 e. The lowest BCUT2D eigenvalue weighted by molar-refractivity contribution is -0.130. The molecule has 4 saturated heterocycles. The quantitative estimate of drug-likeness (QED) is 0.200. The van der Waals surface area contributed by atoms with Crippen molar-refractivity contribution < 1.29 is 4.79 Å². The Labute approximate surface area is 302 Å². The summed E-state index contributed by atoms with van der Waals surface area (Å²) in [5.41, 5.74) is 5.32. The molecule has 4 aromatic carbocycles. The van der Waals surface area contributed by atoms with Crippen LogP contribution < -0.4 is 10.2 Å². The highest BCUT2D eigenvalue weighted by molar-refractivity contribution is 5.87. The molecule has 0 atom stereocenters. The number of fused-ring (bicyclic) bond motifs is 1. The lowest BCUT2D eigenvalue weighted by atomic mass is 9.77. The molecule has 7 nitrogen and oxygen atoms in total. The Hall–Kier alpha value is -4.59. The third kappa shape index (κ3) is 7.70. The van der Waals surface area contributed by atoms with E-state index in [-0.39, 0.29) is 5.41 Å². The van der Waals surface area contributed by atoms with Crippen molar-refractivity contribution in [2.24, 2.45) is 10.8 Å². The molecule has 5 heterocycles. The molecule has 1 amide bonds. The summed E-state index contributed by atoms with van der Waals surface area (Å²) in [6.45, 7) is 9.53. The van der Waals surface area contributed by atoms with Gasteiger partial charge in [0.15, 0.2) is 0 Å². The number of hydrogen-bond donors (Lipinski definition) is 1. The topological polar surface area (TPSA) is 64.6 Å². The number of amides is 1. The molecule has 4 aliphatic heterocycles. The third-order valence-corrected chi connectivity index (χ3v) is 12.0. The first-order valence-electron chi connectivity index (χ1n) is 18.9. The minimum absolute atomic E-state index is 0.0345. The van der Waals surface area contributed by atoms with E-state index < -0.39 is 0 Å². The number of benzene rings is 4. The molecule has 4 aliphatic rings. The third-order valence-electron chi connectivity index (χ3n) is 12.0. The molecule has 0 bridgehead atoms. The first-order valence-corrected chi connectivity index (χ1v) is 18.9. The normalized spacial score (nSPS) is 20.0. The second kappa shape index (κ2) is 14.9. The van der Waals surface area contributed by atoms with Crippen molar-refractivity contribution in [3.63, 3.8) is 0 Å². The smallest absolute Gasteiger partial charge is 0.226 e. The molecular weight excluding hydrogens is 629 g/mol. The van der Waals surface area contributed by atoms with Gasteiger partial charge in [0, 0.05) is 44.5 Å². The molecule has 5 aromatic rings. The molecule has 51 heavy (non-hydrogen) atoms. The van der Waals surface area contributed by atoms with Crippen LogP contribution in [0.15, 0.2) is 115 Å². The van der Waals surface area contributed by atoms with Crippen LogP contribution in [0.25, 0.3) is 22.0 Å². The van der Waals surface area contributed by atoms with E-state index in [0.717, 1.165) is 82.3 Å². The number of aromatic nitrogens is 2. The van der Waals surface area contributed by atoms with Crippen molar-refractivity contribution >= 4 is 22.6 Å². The van der Waals surface area contributed by atoms with Gasteiger partial charge in [0.05, 0.1) is 11.1 Å². The van der Waals surface area contributed by atoms with Crippen LogP contribution in [0.5, 0.6) is 0 Å². The van der Waals surface area contributed by atoms with E-state index >= 15 is 0 Å². The number of carbonyl (C=O) groups excluding carboxylic acids is 1. The fourth-order valence-electron chi connectivity index (χ4n) is 8.73. The van der Waals surface area contributed by atoms with E-state index in [4.69, 9.17) is 4.98 Å².